The van der Waals surface area contributed by atoms with Crippen molar-refractivity contribution in [3.05, 3.63) is 72.3 Å². The van der Waals surface area contributed by atoms with E-state index in [0.29, 0.717) is 66.8 Å². The Morgan fingerprint density at radius 3 is 2.54 bits per heavy atom. The fraction of sp³-hybridized carbons (Fsp3) is 0.415. The van der Waals surface area contributed by atoms with E-state index < -0.39 is 29.8 Å². The second-order valence-electron chi connectivity index (χ2n) is 16.3. The number of hydrogen-bond acceptors (Lipinski definition) is 12. The number of aromatic nitrogens is 8. The SMILES string of the molecule is CO[C@@H]1CN(C)C(=O)[C@@H]2C[C@@H](CN2c2nc(N3[C@H]4C[C@@H]3C(=O)N(C3CC3)C4)nc3c2cnn3-c2ccc(F)cc2F)Nc2cccc(n2)-c2nccc3nc(C)n(c23)C1. The highest BCUT2D eigenvalue weighted by atomic mass is 19.1. The van der Waals surface area contributed by atoms with E-state index in [4.69, 9.17) is 29.7 Å². The van der Waals surface area contributed by atoms with Crippen molar-refractivity contribution in [2.45, 2.75) is 75.5 Å². The molecule has 16 nitrogen and oxygen atoms in total. The second kappa shape index (κ2) is 13.4. The molecule has 18 heteroatoms. The quantitative estimate of drug-likeness (QED) is 0.270. The van der Waals surface area contributed by atoms with Gasteiger partial charge in [0, 0.05) is 58.1 Å². The van der Waals surface area contributed by atoms with Crippen molar-refractivity contribution in [3.8, 4) is 17.1 Å². The minimum Gasteiger partial charge on any atom is -0.378 e. The second-order valence-corrected chi connectivity index (χ2v) is 16.3. The fourth-order valence-electron chi connectivity index (χ4n) is 9.49. The molecule has 59 heavy (non-hydrogen) atoms. The number of amides is 2. The fourth-order valence-corrected chi connectivity index (χ4v) is 9.49. The van der Waals surface area contributed by atoms with Gasteiger partial charge in [0.05, 0.1) is 47.0 Å². The third-order valence-electron chi connectivity index (χ3n) is 12.6. The van der Waals surface area contributed by atoms with Crippen molar-refractivity contribution in [3.63, 3.8) is 0 Å². The van der Waals surface area contributed by atoms with Gasteiger partial charge in [0.15, 0.2) is 11.5 Å². The highest BCUT2D eigenvalue weighted by molar-refractivity contribution is 5.95. The maximum absolute atomic E-state index is 15.4. The smallest absolute Gasteiger partial charge is 0.245 e. The van der Waals surface area contributed by atoms with E-state index in [-0.39, 0.29) is 47.8 Å². The number of nitrogens with zero attached hydrogens (tertiary/aromatic N) is 12. The number of halogens is 2. The Bertz CT molecular complexity index is 2700. The summed E-state index contributed by atoms with van der Waals surface area (Å²) in [7, 11) is 3.41. The van der Waals surface area contributed by atoms with E-state index in [9.17, 15) is 14.0 Å². The van der Waals surface area contributed by atoms with Gasteiger partial charge in [-0.05, 0) is 62.9 Å². The van der Waals surface area contributed by atoms with Crippen molar-refractivity contribution < 1.29 is 23.1 Å². The van der Waals surface area contributed by atoms with Crippen LogP contribution >= 0.6 is 0 Å². The van der Waals surface area contributed by atoms with Crippen LogP contribution in [0.3, 0.4) is 0 Å². The molecule has 0 unspecified atom stereocenters. The molecule has 4 saturated heterocycles. The van der Waals surface area contributed by atoms with E-state index in [1.54, 1.807) is 31.5 Å². The number of anilines is 3. The molecule has 1 N–H and O–H groups in total. The summed E-state index contributed by atoms with van der Waals surface area (Å²) in [4.78, 5) is 60.9. The highest BCUT2D eigenvalue weighted by Gasteiger charge is 2.54. The lowest BCUT2D eigenvalue weighted by molar-refractivity contribution is -0.140. The van der Waals surface area contributed by atoms with Crippen LogP contribution < -0.4 is 15.1 Å². The number of piperazine rings is 1. The van der Waals surface area contributed by atoms with Gasteiger partial charge < -0.3 is 34.2 Å². The predicted molar refractivity (Wildman–Crippen MR) is 213 cm³/mol. The van der Waals surface area contributed by atoms with Gasteiger partial charge in [-0.1, -0.05) is 6.07 Å². The molecule has 5 aliphatic heterocycles. The molecule has 5 atom stereocenters. The van der Waals surface area contributed by atoms with Crippen LogP contribution in [0.5, 0.6) is 0 Å². The number of piperidine rings is 1. The number of fused-ring (bicyclic) bond motifs is 8. The minimum absolute atomic E-state index is 0.00182. The number of benzene rings is 1. The first-order valence-corrected chi connectivity index (χ1v) is 20.0. The molecule has 6 aliphatic rings. The number of nitrogens with one attached hydrogen (secondary N) is 1. The lowest BCUT2D eigenvalue weighted by atomic mass is 9.87. The van der Waals surface area contributed by atoms with Gasteiger partial charge in [0.1, 0.15) is 46.7 Å². The van der Waals surface area contributed by atoms with Crippen molar-refractivity contribution in [2.24, 2.45) is 0 Å². The number of carbonyl (C=O) groups excluding carboxylic acids is 2. The van der Waals surface area contributed by atoms with Crippen LogP contribution in [-0.4, -0.2) is 131 Å². The van der Waals surface area contributed by atoms with Crippen molar-refractivity contribution in [1.29, 1.82) is 0 Å². The zero-order chi connectivity index (χ0) is 40.3. The summed E-state index contributed by atoms with van der Waals surface area (Å²) in [6, 6.07) is 9.80. The summed E-state index contributed by atoms with van der Waals surface area (Å²) in [6.07, 6.45) is 5.99. The van der Waals surface area contributed by atoms with E-state index in [1.165, 1.54) is 16.8 Å². The first-order valence-electron chi connectivity index (χ1n) is 20.0. The van der Waals surface area contributed by atoms with Gasteiger partial charge in [-0.15, -0.1) is 0 Å². The molecule has 6 aromatic rings. The summed E-state index contributed by atoms with van der Waals surface area (Å²) in [5.41, 5.74) is 3.26. The summed E-state index contributed by atoms with van der Waals surface area (Å²) in [5, 5.41) is 8.63. The van der Waals surface area contributed by atoms with Crippen LogP contribution in [0.1, 0.15) is 31.5 Å². The van der Waals surface area contributed by atoms with E-state index in [1.807, 2.05) is 45.9 Å². The topological polar surface area (TPSA) is 156 Å². The van der Waals surface area contributed by atoms with Crippen LogP contribution in [0, 0.1) is 18.6 Å². The van der Waals surface area contributed by atoms with Crippen LogP contribution in [-0.2, 0) is 20.9 Å². The molecule has 0 radical (unpaired) electrons. The largest absolute Gasteiger partial charge is 0.378 e. The molecule has 0 spiro atoms. The zero-order valence-electron chi connectivity index (χ0n) is 32.7. The summed E-state index contributed by atoms with van der Waals surface area (Å²) in [5.74, 6) is 0.485. The Morgan fingerprint density at radius 2 is 1.75 bits per heavy atom. The Hall–Kier alpha value is -6.30. The summed E-state index contributed by atoms with van der Waals surface area (Å²) in [6.45, 7) is 3.54. The maximum Gasteiger partial charge on any atom is 0.245 e. The molecular weight excluding hydrogens is 761 g/mol. The van der Waals surface area contributed by atoms with Gasteiger partial charge in [-0.25, -0.2) is 23.4 Å². The molecule has 5 fully saturated rings. The third kappa shape index (κ3) is 5.78. The number of likely N-dealkylation sites (N-methyl/N-ethyl adjacent to an activating group) is 1. The average molecular weight is 802 g/mol. The predicted octanol–water partition coefficient (Wildman–Crippen LogP) is 3.71. The average Bonchev–Trinajstić information content (AvgIpc) is 3.72. The van der Waals surface area contributed by atoms with Gasteiger partial charge in [-0.2, -0.15) is 15.1 Å². The normalized spacial score (nSPS) is 24.4. The zero-order valence-corrected chi connectivity index (χ0v) is 32.7. The Labute approximate surface area is 336 Å². The first kappa shape index (κ1) is 35.8. The van der Waals surface area contributed by atoms with E-state index >= 15 is 4.39 Å². The maximum atomic E-state index is 15.4. The van der Waals surface area contributed by atoms with Gasteiger partial charge in [0.2, 0.25) is 17.8 Å². The third-order valence-corrected chi connectivity index (χ3v) is 12.6. The number of rotatable bonds is 5. The number of ether oxygens (including phenoxy) is 1. The molecule has 6 bridgehead atoms. The number of carbonyl (C=O) groups is 2. The van der Waals surface area contributed by atoms with Crippen molar-refractivity contribution >= 4 is 51.5 Å². The Balaban J connectivity index is 1.03. The molecule has 5 aromatic heterocycles. The van der Waals surface area contributed by atoms with Crippen LogP contribution in [0.15, 0.2) is 54.9 Å². The number of pyridine rings is 2. The van der Waals surface area contributed by atoms with Crippen molar-refractivity contribution in [2.75, 3.05) is 48.9 Å². The monoisotopic (exact) mass is 801 g/mol. The number of methoxy groups -OCH3 is 1. The van der Waals surface area contributed by atoms with Crippen LogP contribution in [0.4, 0.5) is 26.4 Å². The van der Waals surface area contributed by atoms with Crippen LogP contribution in [0.2, 0.25) is 0 Å². The Kier molecular flexibility index (Phi) is 8.12. The Morgan fingerprint density at radius 1 is 0.881 bits per heavy atom. The molecule has 2 amide bonds. The first-order chi connectivity index (χ1) is 28.6. The molecule has 10 heterocycles. The van der Waals surface area contributed by atoms with Crippen molar-refractivity contribution in [1.82, 2.24) is 49.1 Å². The van der Waals surface area contributed by atoms with E-state index in [2.05, 4.69) is 15.0 Å². The van der Waals surface area contributed by atoms with Gasteiger partial charge in [0.25, 0.3) is 0 Å². The lowest BCUT2D eigenvalue weighted by Crippen LogP contribution is -2.72. The number of hydrogen-bond donors (Lipinski definition) is 1. The van der Waals surface area contributed by atoms with E-state index in [0.717, 1.165) is 35.8 Å². The summed E-state index contributed by atoms with van der Waals surface area (Å²) >= 11 is 0. The number of imidazole rings is 1. The van der Waals surface area contributed by atoms with Gasteiger partial charge in [-0.3, -0.25) is 14.6 Å². The minimum atomic E-state index is -0.812. The highest BCUT2D eigenvalue weighted by Crippen LogP contribution is 2.43. The van der Waals surface area contributed by atoms with Crippen LogP contribution in [0.25, 0.3) is 39.1 Å². The summed E-state index contributed by atoms with van der Waals surface area (Å²) < 4.78 is 39.0. The van der Waals surface area contributed by atoms with Gasteiger partial charge >= 0.3 is 0 Å². The number of aryl methyl sites for hydroxylation is 1. The molecule has 1 aliphatic carbocycles. The lowest BCUT2D eigenvalue weighted by Gasteiger charge is -2.55. The molecule has 12 rings (SSSR count). The molecule has 1 saturated carbocycles. The molecular formula is C41H41F2N13O3. The molecule has 1 aromatic carbocycles. The molecule has 302 valence electrons. The standard InChI is InChI=1S/C41H41F2N13O3/c1-21-46-30-11-12-44-35-29-5-4-6-34(48-29)47-23-14-32(39(57)51(2)19-26(59-3)20-52(21)36(30)35)54(17-23)37-27-16-45-56(31-10-7-22(42)13-28(31)43)38(27)50-41(49-37)55-25-15-33(55)40(58)53(18-25)24-8-9-24/h4-7,10-13,16,23-26,32-33H,8-9,14-15,17-20H2,1-3H3,(H,47,48)/t23-,25-,26+,32-,33+/m0/s1.